The minimum Gasteiger partial charge on any atom is -0.481 e. The highest BCUT2D eigenvalue weighted by molar-refractivity contribution is 8.00. The van der Waals surface area contributed by atoms with Crippen LogP contribution in [0, 0.1) is 5.41 Å². The SMILES string of the molecule is CC(C)(C)OC(=O)CON=C(C(=O)NC1C(=O)N2CC(CSc3ccc4nnnn4n3)(C(=O)O)CS[C@H]12)c1ncsn1. The Balaban J connectivity index is 1.22. The number of hydrogen-bond donors (Lipinski definition) is 2. The van der Waals surface area contributed by atoms with Gasteiger partial charge in [-0.1, -0.05) is 5.16 Å². The zero-order valence-electron chi connectivity index (χ0n) is 22.4. The molecule has 2 N–H and O–H groups in total. The summed E-state index contributed by atoms with van der Waals surface area (Å²) < 4.78 is 10.4. The summed E-state index contributed by atoms with van der Waals surface area (Å²) in [5.74, 6) is -2.67. The van der Waals surface area contributed by atoms with Gasteiger partial charge >= 0.3 is 11.9 Å². The summed E-state index contributed by atoms with van der Waals surface area (Å²) in [6.45, 7) is 4.49. The van der Waals surface area contributed by atoms with Crippen molar-refractivity contribution in [3.8, 4) is 0 Å². The molecule has 0 spiro atoms. The van der Waals surface area contributed by atoms with Gasteiger partial charge < -0.3 is 24.9 Å². The number of aliphatic carboxylic acids is 1. The molecule has 42 heavy (non-hydrogen) atoms. The monoisotopic (exact) mass is 636 g/mol. The Labute approximate surface area is 249 Å². The second-order valence-electron chi connectivity index (χ2n) is 10.2. The summed E-state index contributed by atoms with van der Waals surface area (Å²) in [5, 5.41) is 31.9. The number of hydrogen-bond acceptors (Lipinski definition) is 16. The first-order valence-electron chi connectivity index (χ1n) is 12.3. The van der Waals surface area contributed by atoms with Gasteiger partial charge in [0.1, 0.15) is 33.0 Å². The number of oxime groups is 1. The summed E-state index contributed by atoms with van der Waals surface area (Å²) >= 11 is 3.45. The van der Waals surface area contributed by atoms with Gasteiger partial charge in [-0.2, -0.15) is 4.37 Å². The second kappa shape index (κ2) is 11.8. The van der Waals surface area contributed by atoms with E-state index in [9.17, 15) is 24.3 Å². The Morgan fingerprint density at radius 1 is 1.31 bits per heavy atom. The van der Waals surface area contributed by atoms with Crippen LogP contribution in [0.2, 0.25) is 0 Å². The Morgan fingerprint density at radius 2 is 2.12 bits per heavy atom. The lowest BCUT2D eigenvalue weighted by atomic mass is 9.89. The van der Waals surface area contributed by atoms with Crippen LogP contribution in [-0.2, 0) is 28.8 Å². The van der Waals surface area contributed by atoms with Crippen molar-refractivity contribution in [3.63, 3.8) is 0 Å². The average molecular weight is 637 g/mol. The number of carbonyl (C=O) groups is 4. The summed E-state index contributed by atoms with van der Waals surface area (Å²) in [4.78, 5) is 61.0. The van der Waals surface area contributed by atoms with E-state index in [2.05, 4.69) is 40.5 Å². The van der Waals surface area contributed by atoms with Crippen molar-refractivity contribution in [2.75, 3.05) is 24.7 Å². The maximum Gasteiger partial charge on any atom is 0.347 e. The molecule has 20 heteroatoms. The normalized spacial score (nSPS) is 22.3. The van der Waals surface area contributed by atoms with Crippen molar-refractivity contribution in [2.45, 2.75) is 42.8 Å². The number of β-lactam (4-membered cyclic amide) rings is 1. The number of carboxylic acids is 1. The number of carboxylic acid groups (broad SMARTS) is 1. The third-order valence-corrected chi connectivity index (χ3v) is 9.25. The molecule has 2 saturated heterocycles. The number of esters is 1. The van der Waals surface area contributed by atoms with Gasteiger partial charge in [-0.15, -0.1) is 38.4 Å². The number of rotatable bonds is 10. The Morgan fingerprint density at radius 3 is 2.83 bits per heavy atom. The van der Waals surface area contributed by atoms with E-state index in [1.807, 2.05) is 0 Å². The lowest BCUT2D eigenvalue weighted by Gasteiger charge is -2.53. The number of aromatic nitrogens is 7. The molecule has 5 rings (SSSR count). The standard InChI is InChI=1S/C22H24N10O7S3/c1-21(2,3)39-13(33)6-38-27-14(16-23-10-42-28-16)17(34)24-15-18(35)31-7-22(20(36)37,9-41-19(15)31)8-40-12-5-4-11-25-29-30-32(11)26-12/h4-5,10,15,19H,6-9H2,1-3H3,(H,24,34)(H,36,37)/t15?,19-,22?/m1/s1. The molecule has 0 bridgehead atoms. The van der Waals surface area contributed by atoms with E-state index < -0.39 is 52.8 Å². The van der Waals surface area contributed by atoms with Crippen LogP contribution in [0.5, 0.6) is 0 Å². The number of tetrazole rings is 1. The van der Waals surface area contributed by atoms with Crippen LogP contribution in [0.25, 0.3) is 5.65 Å². The van der Waals surface area contributed by atoms with Crippen molar-refractivity contribution >= 4 is 70.2 Å². The van der Waals surface area contributed by atoms with E-state index in [-0.39, 0.29) is 29.6 Å². The van der Waals surface area contributed by atoms with Crippen LogP contribution in [-0.4, -0.2) is 116 Å². The van der Waals surface area contributed by atoms with E-state index >= 15 is 0 Å². The smallest absolute Gasteiger partial charge is 0.347 e. The fourth-order valence-corrected chi connectivity index (χ4v) is 7.16. The molecule has 0 radical (unpaired) electrons. The predicted octanol–water partition coefficient (Wildman–Crippen LogP) is -0.304. The van der Waals surface area contributed by atoms with Gasteiger partial charge in [-0.25, -0.2) is 9.78 Å². The van der Waals surface area contributed by atoms with Crippen molar-refractivity contribution < 1.29 is 33.9 Å². The van der Waals surface area contributed by atoms with Gasteiger partial charge in [0.05, 0.1) is 0 Å². The molecule has 222 valence electrons. The van der Waals surface area contributed by atoms with E-state index in [0.717, 1.165) is 11.5 Å². The molecule has 0 saturated carbocycles. The molecular formula is C22H24N10O7S3. The molecular weight excluding hydrogens is 613 g/mol. The molecule has 2 amide bonds. The van der Waals surface area contributed by atoms with Crippen LogP contribution in [0.4, 0.5) is 0 Å². The van der Waals surface area contributed by atoms with Crippen LogP contribution in [0.1, 0.15) is 26.6 Å². The maximum absolute atomic E-state index is 13.1. The van der Waals surface area contributed by atoms with Gasteiger partial charge in [0.25, 0.3) is 5.91 Å². The van der Waals surface area contributed by atoms with Gasteiger partial charge in [0.15, 0.2) is 5.65 Å². The zero-order valence-corrected chi connectivity index (χ0v) is 24.8. The van der Waals surface area contributed by atoms with Crippen molar-refractivity contribution in [3.05, 3.63) is 23.5 Å². The fourth-order valence-electron chi connectivity index (χ4n) is 4.02. The number of thioether (sulfide) groups is 2. The summed E-state index contributed by atoms with van der Waals surface area (Å²) in [7, 11) is 0. The van der Waals surface area contributed by atoms with Gasteiger partial charge in [0.2, 0.25) is 24.1 Å². The molecule has 3 aromatic heterocycles. The maximum atomic E-state index is 13.1. The molecule has 2 aliphatic rings. The Kier molecular flexibility index (Phi) is 8.28. The number of ether oxygens (including phenoxy) is 1. The minimum atomic E-state index is -1.25. The van der Waals surface area contributed by atoms with Gasteiger partial charge in [0, 0.05) is 18.1 Å². The van der Waals surface area contributed by atoms with E-state index in [1.165, 1.54) is 38.6 Å². The molecule has 2 fully saturated rings. The first-order chi connectivity index (χ1) is 20.0. The predicted molar refractivity (Wildman–Crippen MR) is 148 cm³/mol. The molecule has 0 aliphatic carbocycles. The molecule has 2 aliphatic heterocycles. The van der Waals surface area contributed by atoms with E-state index in [1.54, 1.807) is 32.9 Å². The summed E-state index contributed by atoms with van der Waals surface area (Å²) in [6.07, 6.45) is 0. The highest BCUT2D eigenvalue weighted by atomic mass is 32.2. The summed E-state index contributed by atoms with van der Waals surface area (Å²) in [6, 6.07) is 2.43. The van der Waals surface area contributed by atoms with E-state index in [4.69, 9.17) is 9.57 Å². The average Bonchev–Trinajstić information content (AvgIpc) is 3.64. The quantitative estimate of drug-likeness (QED) is 0.0960. The second-order valence-corrected chi connectivity index (χ2v) is 13.0. The molecule has 0 aromatic carbocycles. The van der Waals surface area contributed by atoms with Crippen LogP contribution >= 0.6 is 35.1 Å². The molecule has 2 unspecified atom stereocenters. The number of nitrogens with zero attached hydrogens (tertiary/aromatic N) is 9. The third-order valence-electron chi connectivity index (χ3n) is 5.97. The number of amides is 2. The first-order valence-corrected chi connectivity index (χ1v) is 15.2. The number of carbonyl (C=O) groups excluding carboxylic acids is 3. The summed E-state index contributed by atoms with van der Waals surface area (Å²) in [5.41, 5.74) is -0.460. The van der Waals surface area contributed by atoms with Crippen molar-refractivity contribution in [1.82, 2.24) is 44.8 Å². The minimum absolute atomic E-state index is 0.0427. The lowest BCUT2D eigenvalue weighted by molar-refractivity contribution is -0.160. The topological polar surface area (TPSA) is 216 Å². The lowest BCUT2D eigenvalue weighted by Crippen LogP contribution is -2.74. The highest BCUT2D eigenvalue weighted by Gasteiger charge is 2.57. The van der Waals surface area contributed by atoms with Crippen LogP contribution in [0.15, 0.2) is 27.8 Å². The van der Waals surface area contributed by atoms with Crippen molar-refractivity contribution in [2.24, 2.45) is 10.6 Å². The number of fused-ring (bicyclic) bond motifs is 2. The fraction of sp³-hybridized carbons (Fsp3) is 0.500. The molecule has 17 nitrogen and oxygen atoms in total. The van der Waals surface area contributed by atoms with Gasteiger partial charge in [-0.3, -0.25) is 14.4 Å². The van der Waals surface area contributed by atoms with Gasteiger partial charge in [-0.05, 0) is 54.9 Å². The molecule has 3 aromatic rings. The largest absolute Gasteiger partial charge is 0.481 e. The molecule has 5 heterocycles. The Bertz CT molecular complexity index is 1540. The first kappa shape index (κ1) is 29.6. The molecule has 3 atom stereocenters. The highest BCUT2D eigenvalue weighted by Crippen LogP contribution is 2.44. The van der Waals surface area contributed by atoms with Crippen LogP contribution < -0.4 is 5.32 Å². The third kappa shape index (κ3) is 6.28. The van der Waals surface area contributed by atoms with E-state index in [0.29, 0.717) is 10.7 Å². The number of nitrogens with one attached hydrogen (secondary N) is 1. The Hall–Kier alpha value is -3.91. The zero-order chi connectivity index (χ0) is 30.1. The van der Waals surface area contributed by atoms with Crippen LogP contribution in [0.3, 0.4) is 0 Å². The van der Waals surface area contributed by atoms with Crippen molar-refractivity contribution in [1.29, 1.82) is 0 Å².